The Morgan fingerprint density at radius 3 is 2.17 bits per heavy atom. The van der Waals surface area contributed by atoms with Gasteiger partial charge < -0.3 is 9.84 Å². The number of hydrogen-bond acceptors (Lipinski definition) is 3. The molecule has 0 aliphatic heterocycles. The predicted octanol–water partition coefficient (Wildman–Crippen LogP) is 3.60. The zero-order valence-corrected chi connectivity index (χ0v) is 9.82. The minimum absolute atomic E-state index is 0.222. The Kier molecular flexibility index (Phi) is 3.99. The second kappa shape index (κ2) is 4.82. The molecule has 0 aromatic carbocycles. The fraction of sp³-hybridized carbons (Fsp3) is 0.375. The van der Waals surface area contributed by atoms with Crippen LogP contribution < -0.4 is 4.74 Å². The highest BCUT2D eigenvalue weighted by atomic mass is 79.9. The van der Waals surface area contributed by atoms with E-state index in [-0.39, 0.29) is 11.4 Å². The molecule has 0 saturated heterocycles. The van der Waals surface area contributed by atoms with E-state index in [0.29, 0.717) is 0 Å². The van der Waals surface area contributed by atoms with Crippen molar-refractivity contribution in [2.24, 2.45) is 0 Å². The van der Waals surface area contributed by atoms with E-state index in [1.54, 1.807) is 0 Å². The fourth-order valence-corrected chi connectivity index (χ4v) is 1.44. The van der Waals surface area contributed by atoms with Crippen LogP contribution in [0.2, 0.25) is 0 Å². The summed E-state index contributed by atoms with van der Waals surface area (Å²) in [5, 5.41) is 8.92. The third-order valence-corrected chi connectivity index (χ3v) is 2.20. The maximum absolute atomic E-state index is 12.5. The number of ether oxygens (including phenoxy) is 1. The van der Waals surface area contributed by atoms with Crippen molar-refractivity contribution in [3.05, 3.63) is 17.5 Å². The Morgan fingerprint density at radius 2 is 1.78 bits per heavy atom. The minimum atomic E-state index is -5.32. The highest BCUT2D eigenvalue weighted by Crippen LogP contribution is 2.39. The molecule has 0 aliphatic carbocycles. The maximum atomic E-state index is 12.5. The molecule has 1 N–H and O–H groups in total. The van der Waals surface area contributed by atoms with Crippen molar-refractivity contribution in [3.8, 4) is 11.5 Å². The molecule has 0 aliphatic rings. The highest BCUT2D eigenvalue weighted by Gasteiger charge is 2.41. The summed E-state index contributed by atoms with van der Waals surface area (Å²) in [7, 11) is 0. The van der Waals surface area contributed by atoms with Gasteiger partial charge in [0.15, 0.2) is 11.4 Å². The van der Waals surface area contributed by atoms with Gasteiger partial charge in [0, 0.05) is 11.4 Å². The number of nitrogens with zero attached hydrogens (tertiary/aromatic N) is 1. The first-order valence-corrected chi connectivity index (χ1v) is 5.28. The third-order valence-electron chi connectivity index (χ3n) is 1.66. The number of rotatable bonds is 2. The van der Waals surface area contributed by atoms with E-state index in [0.717, 1.165) is 0 Å². The smallest absolute Gasteiger partial charge is 0.506 e. The van der Waals surface area contributed by atoms with E-state index in [4.69, 9.17) is 0 Å². The van der Waals surface area contributed by atoms with Gasteiger partial charge >= 0.3 is 12.5 Å². The molecular formula is C8H4BrF6NO2. The zero-order chi connectivity index (χ0) is 14.1. The van der Waals surface area contributed by atoms with Crippen LogP contribution in [0.25, 0.3) is 0 Å². The largest absolute Gasteiger partial charge is 0.573 e. The van der Waals surface area contributed by atoms with Gasteiger partial charge in [0.1, 0.15) is 5.75 Å². The maximum Gasteiger partial charge on any atom is 0.573 e. The van der Waals surface area contributed by atoms with Gasteiger partial charge in [0.25, 0.3) is 0 Å². The first-order chi connectivity index (χ1) is 8.04. The third kappa shape index (κ3) is 3.65. The van der Waals surface area contributed by atoms with Gasteiger partial charge in [-0.3, -0.25) is 0 Å². The SMILES string of the molecule is Oc1cc(OC(F)(F)F)c(C(F)(F)F)nc1CBr. The van der Waals surface area contributed by atoms with Crippen LogP contribution >= 0.6 is 15.9 Å². The van der Waals surface area contributed by atoms with Crippen LogP contribution in [0.3, 0.4) is 0 Å². The van der Waals surface area contributed by atoms with Gasteiger partial charge in [0.05, 0.1) is 5.69 Å². The molecule has 0 atom stereocenters. The van der Waals surface area contributed by atoms with E-state index in [1.807, 2.05) is 0 Å². The summed E-state index contributed by atoms with van der Waals surface area (Å²) in [4.78, 5) is 2.90. The molecule has 10 heteroatoms. The van der Waals surface area contributed by atoms with Crippen molar-refractivity contribution in [3.63, 3.8) is 0 Å². The van der Waals surface area contributed by atoms with Crippen LogP contribution in [-0.2, 0) is 11.5 Å². The van der Waals surface area contributed by atoms with Crippen LogP contribution in [0.5, 0.6) is 11.5 Å². The van der Waals surface area contributed by atoms with Crippen LogP contribution in [0.4, 0.5) is 26.3 Å². The summed E-state index contributed by atoms with van der Waals surface area (Å²) in [6, 6.07) is 0.222. The van der Waals surface area contributed by atoms with Gasteiger partial charge in [-0.05, 0) is 0 Å². The Bertz CT molecular complexity index is 444. The monoisotopic (exact) mass is 339 g/mol. The molecule has 0 fully saturated rings. The lowest BCUT2D eigenvalue weighted by Gasteiger charge is -2.15. The Labute approximate surface area is 105 Å². The molecule has 0 unspecified atom stereocenters. The Morgan fingerprint density at radius 1 is 1.22 bits per heavy atom. The lowest BCUT2D eigenvalue weighted by molar-refractivity contribution is -0.276. The number of pyridine rings is 1. The van der Waals surface area contributed by atoms with Gasteiger partial charge in [-0.2, -0.15) is 13.2 Å². The highest BCUT2D eigenvalue weighted by molar-refractivity contribution is 9.08. The van der Waals surface area contributed by atoms with Crippen molar-refractivity contribution in [2.45, 2.75) is 17.9 Å². The molecule has 102 valence electrons. The molecule has 0 saturated carbocycles. The standard InChI is InChI=1S/C8H4BrF6NO2/c9-2-3-4(17)1-5(18-8(13,14)15)6(16-3)7(10,11)12/h1,17H,2H2. The second-order valence-electron chi connectivity index (χ2n) is 2.98. The fourth-order valence-electron chi connectivity index (χ4n) is 1.03. The lowest BCUT2D eigenvalue weighted by atomic mass is 10.2. The molecular weight excluding hydrogens is 336 g/mol. The van der Waals surface area contributed by atoms with Gasteiger partial charge in [-0.15, -0.1) is 13.2 Å². The van der Waals surface area contributed by atoms with E-state index in [1.165, 1.54) is 0 Å². The predicted molar refractivity (Wildman–Crippen MR) is 50.2 cm³/mol. The molecule has 1 rings (SSSR count). The van der Waals surface area contributed by atoms with E-state index in [9.17, 15) is 31.4 Å². The molecule has 0 spiro atoms. The zero-order valence-electron chi connectivity index (χ0n) is 8.23. The summed E-state index contributed by atoms with van der Waals surface area (Å²) >= 11 is 2.74. The van der Waals surface area contributed by atoms with Gasteiger partial charge in [-0.25, -0.2) is 4.98 Å². The summed E-state index contributed by atoms with van der Waals surface area (Å²) in [5.74, 6) is -2.43. The number of halogens is 7. The lowest BCUT2D eigenvalue weighted by Crippen LogP contribution is -2.21. The van der Waals surface area contributed by atoms with Crippen LogP contribution in [-0.4, -0.2) is 16.5 Å². The summed E-state index contributed by atoms with van der Waals surface area (Å²) < 4.78 is 76.3. The van der Waals surface area contributed by atoms with Gasteiger partial charge in [-0.1, -0.05) is 15.9 Å². The molecule has 1 aromatic rings. The molecule has 0 bridgehead atoms. The Balaban J connectivity index is 3.35. The molecule has 1 heterocycles. The van der Waals surface area contributed by atoms with Crippen molar-refractivity contribution >= 4 is 15.9 Å². The number of aromatic hydroxyl groups is 1. The number of aromatic nitrogens is 1. The van der Waals surface area contributed by atoms with Crippen LogP contribution in [0, 0.1) is 0 Å². The molecule has 3 nitrogen and oxygen atoms in total. The molecule has 18 heavy (non-hydrogen) atoms. The second-order valence-corrected chi connectivity index (χ2v) is 3.54. The van der Waals surface area contributed by atoms with E-state index in [2.05, 4.69) is 25.7 Å². The van der Waals surface area contributed by atoms with Crippen molar-refractivity contribution in [1.29, 1.82) is 0 Å². The molecule has 1 aromatic heterocycles. The van der Waals surface area contributed by atoms with Crippen molar-refractivity contribution < 1.29 is 36.2 Å². The van der Waals surface area contributed by atoms with Crippen molar-refractivity contribution in [2.75, 3.05) is 0 Å². The van der Waals surface area contributed by atoms with Crippen LogP contribution in [0.1, 0.15) is 11.4 Å². The summed E-state index contributed by atoms with van der Waals surface area (Å²) in [6.07, 6.45) is -10.4. The average Bonchev–Trinajstić information content (AvgIpc) is 2.13. The normalized spacial score (nSPS) is 12.6. The minimum Gasteiger partial charge on any atom is -0.506 e. The summed E-state index contributed by atoms with van der Waals surface area (Å²) in [5.41, 5.74) is -2.30. The number of hydrogen-bond donors (Lipinski definition) is 1. The van der Waals surface area contributed by atoms with Crippen LogP contribution in [0.15, 0.2) is 6.07 Å². The van der Waals surface area contributed by atoms with Gasteiger partial charge in [0.2, 0.25) is 0 Å². The average molecular weight is 340 g/mol. The number of alkyl halides is 7. The van der Waals surface area contributed by atoms with E-state index < -0.39 is 35.4 Å². The first-order valence-electron chi connectivity index (χ1n) is 4.16. The molecule has 0 radical (unpaired) electrons. The van der Waals surface area contributed by atoms with Crippen molar-refractivity contribution in [1.82, 2.24) is 4.98 Å². The topological polar surface area (TPSA) is 42.4 Å². The summed E-state index contributed by atoms with van der Waals surface area (Å²) in [6.45, 7) is 0. The Hall–Kier alpha value is -1.19. The first kappa shape index (κ1) is 14.9. The molecule has 0 amide bonds. The quantitative estimate of drug-likeness (QED) is 0.661. The van der Waals surface area contributed by atoms with E-state index >= 15 is 0 Å².